The van der Waals surface area contributed by atoms with E-state index in [2.05, 4.69) is 25.6 Å². The first-order valence-electron chi connectivity index (χ1n) is 9.06. The first-order valence-corrected chi connectivity index (χ1v) is 9.06. The predicted molar refractivity (Wildman–Crippen MR) is 97.1 cm³/mol. The molecule has 2 aromatic rings. The topological polar surface area (TPSA) is 85.0 Å². The van der Waals surface area contributed by atoms with E-state index >= 15 is 0 Å². The molecule has 25 heavy (non-hydrogen) atoms. The third kappa shape index (κ3) is 3.86. The van der Waals surface area contributed by atoms with Gasteiger partial charge < -0.3 is 9.84 Å². The molecule has 1 aliphatic rings. The highest BCUT2D eigenvalue weighted by Gasteiger charge is 2.21. The Morgan fingerprint density at radius 1 is 1.24 bits per heavy atom. The molecule has 0 aromatic carbocycles. The van der Waals surface area contributed by atoms with Gasteiger partial charge in [-0.25, -0.2) is 4.79 Å². The fourth-order valence-electron chi connectivity index (χ4n) is 3.44. The van der Waals surface area contributed by atoms with Crippen molar-refractivity contribution in [1.82, 2.24) is 14.9 Å². The molecule has 0 aliphatic heterocycles. The lowest BCUT2D eigenvalue weighted by Gasteiger charge is -2.23. The molecule has 1 fully saturated rings. The number of nitrogens with zero attached hydrogens (tertiary/aromatic N) is 3. The second kappa shape index (κ2) is 7.29. The third-order valence-corrected chi connectivity index (χ3v) is 4.74. The molecule has 1 aliphatic carbocycles. The molecule has 136 valence electrons. The van der Waals surface area contributed by atoms with E-state index in [1.54, 1.807) is 0 Å². The number of urea groups is 1. The van der Waals surface area contributed by atoms with Crippen molar-refractivity contribution in [1.29, 1.82) is 0 Å². The molecule has 2 amide bonds. The number of amides is 2. The molecular weight excluding hydrogens is 318 g/mol. The number of hydrogen-bond acceptors (Lipinski definition) is 4. The Bertz CT molecular complexity index is 741. The van der Waals surface area contributed by atoms with Gasteiger partial charge in [0.15, 0.2) is 11.6 Å². The smallest absolute Gasteiger partial charge is 0.325 e. The highest BCUT2D eigenvalue weighted by Crippen LogP contribution is 2.30. The van der Waals surface area contributed by atoms with Crippen LogP contribution < -0.4 is 10.6 Å². The number of rotatable bonds is 4. The second-order valence-corrected chi connectivity index (χ2v) is 7.15. The molecule has 3 rings (SSSR count). The van der Waals surface area contributed by atoms with E-state index in [9.17, 15) is 4.79 Å². The van der Waals surface area contributed by atoms with Gasteiger partial charge in [-0.3, -0.25) is 10.00 Å². The van der Waals surface area contributed by atoms with Crippen LogP contribution in [0.2, 0.25) is 0 Å². The van der Waals surface area contributed by atoms with E-state index in [-0.39, 0.29) is 11.9 Å². The number of hydrogen-bond donors (Lipinski definition) is 2. The van der Waals surface area contributed by atoms with Crippen LogP contribution in [0.3, 0.4) is 0 Å². The molecule has 0 radical (unpaired) electrons. The molecule has 7 heteroatoms. The zero-order valence-corrected chi connectivity index (χ0v) is 15.4. The van der Waals surface area contributed by atoms with Crippen molar-refractivity contribution < 1.29 is 9.32 Å². The van der Waals surface area contributed by atoms with Gasteiger partial charge in [0, 0.05) is 17.7 Å². The molecule has 2 aromatic heterocycles. The van der Waals surface area contributed by atoms with Crippen LogP contribution in [0.1, 0.15) is 75.1 Å². The summed E-state index contributed by atoms with van der Waals surface area (Å²) in [6.45, 7) is 7.84. The van der Waals surface area contributed by atoms with Gasteiger partial charge in [0.05, 0.1) is 6.04 Å². The standard InChI is InChI=1S/C18H27N5O2/c1-11(2)17-16(13(4)22-25-17)20-18(24)19-15-10-12(3)23(21-15)14-8-6-5-7-9-14/h10-11,14H,5-9H2,1-4H3,(H2,19,20,21,24). The Balaban J connectivity index is 1.68. The van der Waals surface area contributed by atoms with E-state index in [4.69, 9.17) is 4.52 Å². The van der Waals surface area contributed by atoms with Crippen molar-refractivity contribution >= 4 is 17.5 Å². The third-order valence-electron chi connectivity index (χ3n) is 4.74. The molecule has 0 saturated heterocycles. The van der Waals surface area contributed by atoms with Gasteiger partial charge >= 0.3 is 6.03 Å². The van der Waals surface area contributed by atoms with Crippen LogP contribution in [0.15, 0.2) is 10.6 Å². The number of carbonyl (C=O) groups excluding carboxylic acids is 1. The summed E-state index contributed by atoms with van der Waals surface area (Å²) in [5.74, 6) is 1.39. The summed E-state index contributed by atoms with van der Waals surface area (Å²) in [4.78, 5) is 12.4. The van der Waals surface area contributed by atoms with E-state index < -0.39 is 0 Å². The largest absolute Gasteiger partial charge is 0.359 e. The Morgan fingerprint density at radius 3 is 2.64 bits per heavy atom. The van der Waals surface area contributed by atoms with Crippen molar-refractivity contribution in [3.8, 4) is 0 Å². The minimum Gasteiger partial charge on any atom is -0.359 e. The number of aromatic nitrogens is 3. The molecule has 1 saturated carbocycles. The molecule has 7 nitrogen and oxygen atoms in total. The molecule has 0 bridgehead atoms. The molecule has 2 N–H and O–H groups in total. The van der Waals surface area contributed by atoms with Crippen LogP contribution in [0, 0.1) is 13.8 Å². The minimum atomic E-state index is -0.332. The average Bonchev–Trinajstić information content (AvgIpc) is 3.11. The molecule has 0 spiro atoms. The van der Waals surface area contributed by atoms with Gasteiger partial charge in [0.1, 0.15) is 11.4 Å². The Hall–Kier alpha value is -2.31. The fourth-order valence-corrected chi connectivity index (χ4v) is 3.44. The van der Waals surface area contributed by atoms with Gasteiger partial charge in [0.2, 0.25) is 0 Å². The van der Waals surface area contributed by atoms with Gasteiger partial charge in [-0.1, -0.05) is 38.3 Å². The maximum Gasteiger partial charge on any atom is 0.325 e. The SMILES string of the molecule is Cc1noc(C(C)C)c1NC(=O)Nc1cc(C)n(C2CCCCC2)n1. The summed E-state index contributed by atoms with van der Waals surface area (Å²) in [7, 11) is 0. The highest BCUT2D eigenvalue weighted by molar-refractivity contribution is 5.99. The molecule has 0 unspecified atom stereocenters. The Morgan fingerprint density at radius 2 is 1.96 bits per heavy atom. The van der Waals surface area contributed by atoms with Gasteiger partial charge in [-0.15, -0.1) is 0 Å². The summed E-state index contributed by atoms with van der Waals surface area (Å²) < 4.78 is 7.35. The van der Waals surface area contributed by atoms with Crippen molar-refractivity contribution in [2.75, 3.05) is 10.6 Å². The number of aryl methyl sites for hydroxylation is 2. The van der Waals surface area contributed by atoms with Crippen LogP contribution in [-0.2, 0) is 0 Å². The highest BCUT2D eigenvalue weighted by atomic mass is 16.5. The van der Waals surface area contributed by atoms with Crippen molar-refractivity contribution in [3.63, 3.8) is 0 Å². The zero-order chi connectivity index (χ0) is 18.0. The predicted octanol–water partition coefficient (Wildman–Crippen LogP) is 4.76. The number of carbonyl (C=O) groups is 1. The number of nitrogens with one attached hydrogen (secondary N) is 2. The van der Waals surface area contributed by atoms with Crippen LogP contribution in [0.5, 0.6) is 0 Å². The lowest BCUT2D eigenvalue weighted by molar-refractivity contribution is 0.262. The first-order chi connectivity index (χ1) is 12.0. The van der Waals surface area contributed by atoms with Crippen LogP contribution >= 0.6 is 0 Å². The van der Waals surface area contributed by atoms with Crippen LogP contribution in [0.4, 0.5) is 16.3 Å². The van der Waals surface area contributed by atoms with E-state index in [1.165, 1.54) is 19.3 Å². The monoisotopic (exact) mass is 345 g/mol. The summed E-state index contributed by atoms with van der Waals surface area (Å²) in [5, 5.41) is 14.2. The van der Waals surface area contributed by atoms with Crippen molar-refractivity contribution in [2.24, 2.45) is 0 Å². The van der Waals surface area contributed by atoms with E-state index in [0.717, 1.165) is 18.5 Å². The Labute approximate surface area is 148 Å². The van der Waals surface area contributed by atoms with Crippen molar-refractivity contribution in [2.45, 2.75) is 71.8 Å². The van der Waals surface area contributed by atoms with Gasteiger partial charge in [0.25, 0.3) is 0 Å². The Kier molecular flexibility index (Phi) is 5.11. The summed E-state index contributed by atoms with van der Waals surface area (Å²) in [6.07, 6.45) is 6.12. The number of anilines is 2. The van der Waals surface area contributed by atoms with E-state index in [0.29, 0.717) is 29.0 Å². The zero-order valence-electron chi connectivity index (χ0n) is 15.4. The average molecular weight is 345 g/mol. The first kappa shape index (κ1) is 17.5. The van der Waals surface area contributed by atoms with Crippen LogP contribution in [0.25, 0.3) is 0 Å². The van der Waals surface area contributed by atoms with Gasteiger partial charge in [-0.2, -0.15) is 5.10 Å². The summed E-state index contributed by atoms with van der Waals surface area (Å²) in [5.41, 5.74) is 2.38. The normalized spacial score (nSPS) is 15.6. The second-order valence-electron chi connectivity index (χ2n) is 7.15. The fraction of sp³-hybridized carbons (Fsp3) is 0.611. The lowest BCUT2D eigenvalue weighted by Crippen LogP contribution is -2.21. The molecule has 2 heterocycles. The van der Waals surface area contributed by atoms with Gasteiger partial charge in [-0.05, 0) is 26.7 Å². The minimum absolute atomic E-state index is 0.143. The maximum atomic E-state index is 12.4. The van der Waals surface area contributed by atoms with E-state index in [1.807, 2.05) is 33.8 Å². The molecule has 0 atom stereocenters. The molecular formula is C18H27N5O2. The maximum absolute atomic E-state index is 12.4. The van der Waals surface area contributed by atoms with Crippen molar-refractivity contribution in [3.05, 3.63) is 23.2 Å². The summed E-state index contributed by atoms with van der Waals surface area (Å²) in [6, 6.07) is 2.03. The quantitative estimate of drug-likeness (QED) is 0.836. The lowest BCUT2D eigenvalue weighted by atomic mass is 9.95. The summed E-state index contributed by atoms with van der Waals surface area (Å²) >= 11 is 0. The van der Waals surface area contributed by atoms with Crippen LogP contribution in [-0.4, -0.2) is 21.0 Å².